The smallest absolute Gasteiger partial charge is 0.340 e. The molecule has 0 aliphatic carbocycles. The molecule has 19 heavy (non-hydrogen) atoms. The summed E-state index contributed by atoms with van der Waals surface area (Å²) in [6.07, 6.45) is 0.882. The largest absolute Gasteiger partial charge is 0.478 e. The van der Waals surface area contributed by atoms with Crippen LogP contribution in [0.3, 0.4) is 0 Å². The normalized spacial score (nSPS) is 11.5. The van der Waals surface area contributed by atoms with Gasteiger partial charge in [0.25, 0.3) is 10.0 Å². The zero-order chi connectivity index (χ0) is 14.6. The fraction of sp³-hybridized carbons (Fsp3) is 0.444. The highest BCUT2D eigenvalue weighted by molar-refractivity contribution is 7.89. The number of carbonyl (C=O) groups is 2. The molecule has 0 fully saturated rings. The highest BCUT2D eigenvalue weighted by Crippen LogP contribution is 2.16. The summed E-state index contributed by atoms with van der Waals surface area (Å²) in [5.74, 6) is -2.16. The van der Waals surface area contributed by atoms with Gasteiger partial charge in [0.05, 0.1) is 12.8 Å². The van der Waals surface area contributed by atoms with Gasteiger partial charge in [-0.1, -0.05) is 0 Å². The number of esters is 1. The average Bonchev–Trinajstić information content (AvgIpc) is 2.78. The number of aromatic nitrogens is 2. The molecule has 1 heterocycles. The van der Waals surface area contributed by atoms with Crippen LogP contribution in [0.1, 0.15) is 17.3 Å². The maximum atomic E-state index is 12.0. The van der Waals surface area contributed by atoms with E-state index in [1.54, 1.807) is 6.92 Å². The quantitative estimate of drug-likeness (QED) is 0.662. The zero-order valence-electron chi connectivity index (χ0n) is 10.3. The van der Waals surface area contributed by atoms with Crippen molar-refractivity contribution < 1.29 is 27.9 Å². The Labute approximate surface area is 109 Å². The summed E-state index contributed by atoms with van der Waals surface area (Å²) < 4.78 is 29.4. The Morgan fingerprint density at radius 2 is 2.16 bits per heavy atom. The molecule has 0 bridgehead atoms. The molecule has 0 unspecified atom stereocenters. The summed E-state index contributed by atoms with van der Waals surface area (Å²) in [5, 5.41) is 13.7. The van der Waals surface area contributed by atoms with Crippen LogP contribution in [0.4, 0.5) is 0 Å². The van der Waals surface area contributed by atoms with E-state index in [2.05, 4.69) is 14.9 Å². The Bertz CT molecular complexity index is 579. The molecule has 0 atom stereocenters. The van der Waals surface area contributed by atoms with Crippen LogP contribution in [-0.2, 0) is 19.6 Å². The number of aromatic carboxylic acids is 1. The van der Waals surface area contributed by atoms with E-state index < -0.39 is 39.1 Å². The molecule has 0 spiro atoms. The summed E-state index contributed by atoms with van der Waals surface area (Å²) in [6.45, 7) is 1.19. The molecule has 9 nitrogen and oxygen atoms in total. The highest BCUT2D eigenvalue weighted by Gasteiger charge is 2.30. The van der Waals surface area contributed by atoms with Crippen molar-refractivity contribution in [1.82, 2.24) is 14.5 Å². The number of H-pyrrole nitrogens is 1. The lowest BCUT2D eigenvalue weighted by molar-refractivity contribution is -0.143. The van der Waals surface area contributed by atoms with Crippen molar-refractivity contribution in [1.29, 1.82) is 0 Å². The minimum atomic E-state index is -4.15. The van der Waals surface area contributed by atoms with E-state index in [0.717, 1.165) is 13.2 Å². The van der Waals surface area contributed by atoms with Crippen molar-refractivity contribution in [2.24, 2.45) is 0 Å². The topological polar surface area (TPSA) is 130 Å². The van der Waals surface area contributed by atoms with E-state index in [1.165, 1.54) is 0 Å². The van der Waals surface area contributed by atoms with E-state index in [4.69, 9.17) is 5.11 Å². The maximum absolute atomic E-state index is 12.0. The van der Waals surface area contributed by atoms with Gasteiger partial charge in [-0.3, -0.25) is 9.89 Å². The average molecular weight is 291 g/mol. The van der Waals surface area contributed by atoms with Gasteiger partial charge >= 0.3 is 11.9 Å². The van der Waals surface area contributed by atoms with Crippen LogP contribution in [0.25, 0.3) is 0 Å². The first-order valence-electron chi connectivity index (χ1n) is 5.19. The second-order valence-electron chi connectivity index (χ2n) is 3.48. The number of ether oxygens (including phenoxy) is 1. The molecule has 0 amide bonds. The third-order valence-electron chi connectivity index (χ3n) is 2.16. The summed E-state index contributed by atoms with van der Waals surface area (Å²) in [4.78, 5) is 22.1. The minimum absolute atomic E-state index is 0.122. The third-order valence-corrected chi connectivity index (χ3v) is 3.94. The minimum Gasteiger partial charge on any atom is -0.478 e. The fourth-order valence-corrected chi connectivity index (χ4v) is 2.43. The van der Waals surface area contributed by atoms with E-state index in [1.807, 2.05) is 0 Å². The van der Waals surface area contributed by atoms with E-state index in [9.17, 15) is 18.0 Å². The molecule has 0 radical (unpaired) electrons. The van der Waals surface area contributed by atoms with Gasteiger partial charge in [0.15, 0.2) is 5.03 Å². The first kappa shape index (κ1) is 15.1. The predicted molar refractivity (Wildman–Crippen MR) is 62.0 cm³/mol. The van der Waals surface area contributed by atoms with Crippen LogP contribution in [0, 0.1) is 0 Å². The Kier molecular flexibility index (Phi) is 4.62. The standard InChI is InChI=1S/C9H13N3O6S/c1-3-18-7(13)5-12(2)19(16,17)8-6(9(14)15)4-10-11-8/h4H,3,5H2,1-2H3,(H,10,11)(H,14,15). The van der Waals surface area contributed by atoms with Crippen molar-refractivity contribution in [3.63, 3.8) is 0 Å². The summed E-state index contributed by atoms with van der Waals surface area (Å²) in [7, 11) is -3.01. The van der Waals surface area contributed by atoms with Crippen LogP contribution in [0.15, 0.2) is 11.2 Å². The van der Waals surface area contributed by atoms with Crippen LogP contribution in [-0.4, -0.2) is 60.2 Å². The number of carbonyl (C=O) groups excluding carboxylic acids is 1. The Balaban J connectivity index is 3.00. The predicted octanol–water partition coefficient (Wildman–Crippen LogP) is -0.708. The second kappa shape index (κ2) is 5.80. The number of aromatic amines is 1. The molecule has 0 saturated carbocycles. The van der Waals surface area contributed by atoms with Gasteiger partial charge in [0, 0.05) is 7.05 Å². The van der Waals surface area contributed by atoms with E-state index in [0.29, 0.717) is 4.31 Å². The molecule has 10 heteroatoms. The van der Waals surface area contributed by atoms with Gasteiger partial charge in [-0.05, 0) is 6.92 Å². The van der Waals surface area contributed by atoms with Crippen LogP contribution >= 0.6 is 0 Å². The van der Waals surface area contributed by atoms with Crippen LogP contribution in [0.5, 0.6) is 0 Å². The summed E-state index contributed by atoms with van der Waals surface area (Å²) in [5.41, 5.74) is -0.490. The van der Waals surface area contributed by atoms with Crippen molar-refractivity contribution >= 4 is 22.0 Å². The molecule has 0 aliphatic rings. The van der Waals surface area contributed by atoms with Crippen molar-refractivity contribution in [3.8, 4) is 0 Å². The number of likely N-dealkylation sites (N-methyl/N-ethyl adjacent to an activating group) is 1. The lowest BCUT2D eigenvalue weighted by Gasteiger charge is -2.15. The SMILES string of the molecule is CCOC(=O)CN(C)S(=O)(=O)c1[nH]ncc1C(=O)O. The number of carboxylic acids is 1. The zero-order valence-corrected chi connectivity index (χ0v) is 11.1. The Morgan fingerprint density at radius 1 is 1.53 bits per heavy atom. The number of hydrogen-bond donors (Lipinski definition) is 2. The molecule has 1 aromatic heterocycles. The third kappa shape index (κ3) is 3.29. The van der Waals surface area contributed by atoms with Gasteiger partial charge in [-0.15, -0.1) is 0 Å². The molecule has 0 aliphatic heterocycles. The molecular formula is C9H13N3O6S. The van der Waals surface area contributed by atoms with Crippen LogP contribution in [0.2, 0.25) is 0 Å². The molecule has 2 N–H and O–H groups in total. The highest BCUT2D eigenvalue weighted by atomic mass is 32.2. The Hall–Kier alpha value is -1.94. The molecule has 106 valence electrons. The number of nitrogens with one attached hydrogen (secondary N) is 1. The van der Waals surface area contributed by atoms with Gasteiger partial charge in [0.2, 0.25) is 0 Å². The van der Waals surface area contributed by atoms with Crippen molar-refractivity contribution in [2.75, 3.05) is 20.2 Å². The van der Waals surface area contributed by atoms with Crippen molar-refractivity contribution in [2.45, 2.75) is 11.9 Å². The number of sulfonamides is 1. The monoisotopic (exact) mass is 291 g/mol. The van der Waals surface area contributed by atoms with E-state index in [-0.39, 0.29) is 6.61 Å². The molecule has 0 saturated heterocycles. The number of hydrogen-bond acceptors (Lipinski definition) is 6. The number of rotatable bonds is 6. The Morgan fingerprint density at radius 3 is 2.68 bits per heavy atom. The lowest BCUT2D eigenvalue weighted by Crippen LogP contribution is -2.34. The first-order chi connectivity index (χ1) is 8.80. The van der Waals surface area contributed by atoms with Crippen LogP contribution < -0.4 is 0 Å². The van der Waals surface area contributed by atoms with Gasteiger partial charge in [-0.2, -0.15) is 9.40 Å². The van der Waals surface area contributed by atoms with Gasteiger partial charge in [-0.25, -0.2) is 13.2 Å². The number of nitrogens with zero attached hydrogens (tertiary/aromatic N) is 2. The number of carboxylic acid groups (broad SMARTS) is 1. The lowest BCUT2D eigenvalue weighted by atomic mass is 10.4. The molecular weight excluding hydrogens is 278 g/mol. The van der Waals surface area contributed by atoms with E-state index >= 15 is 0 Å². The molecule has 0 aromatic carbocycles. The fourth-order valence-electron chi connectivity index (χ4n) is 1.25. The maximum Gasteiger partial charge on any atom is 0.340 e. The summed E-state index contributed by atoms with van der Waals surface area (Å²) >= 11 is 0. The second-order valence-corrected chi connectivity index (χ2v) is 5.47. The van der Waals surface area contributed by atoms with Crippen molar-refractivity contribution in [3.05, 3.63) is 11.8 Å². The summed E-state index contributed by atoms with van der Waals surface area (Å²) in [6, 6.07) is 0. The first-order valence-corrected chi connectivity index (χ1v) is 6.63. The molecule has 1 rings (SSSR count). The van der Waals surface area contributed by atoms with Gasteiger partial charge in [0.1, 0.15) is 12.1 Å². The molecule has 1 aromatic rings. The van der Waals surface area contributed by atoms with Gasteiger partial charge < -0.3 is 9.84 Å².